The van der Waals surface area contributed by atoms with Gasteiger partial charge in [0.1, 0.15) is 11.9 Å². The van der Waals surface area contributed by atoms with Crippen LogP contribution in [0.3, 0.4) is 0 Å². The summed E-state index contributed by atoms with van der Waals surface area (Å²) in [6, 6.07) is 17.9. The van der Waals surface area contributed by atoms with Crippen LogP contribution in [0.15, 0.2) is 54.6 Å². The van der Waals surface area contributed by atoms with Crippen molar-refractivity contribution in [2.75, 3.05) is 7.11 Å². The summed E-state index contributed by atoms with van der Waals surface area (Å²) in [4.78, 5) is 0. The summed E-state index contributed by atoms with van der Waals surface area (Å²) in [6.07, 6.45) is 1.80. The smallest absolute Gasteiger partial charge is 0.118 e. The Kier molecular flexibility index (Phi) is 6.45. The zero-order valence-corrected chi connectivity index (χ0v) is 14.6. The van der Waals surface area contributed by atoms with Gasteiger partial charge in [-0.15, -0.1) is 0 Å². The summed E-state index contributed by atoms with van der Waals surface area (Å²) in [7, 11) is 1.65. The van der Waals surface area contributed by atoms with Gasteiger partial charge in [-0.1, -0.05) is 42.5 Å². The molecule has 134 valence electrons. The molecule has 0 heterocycles. The first-order valence-electron chi connectivity index (χ1n) is 8.84. The van der Waals surface area contributed by atoms with E-state index < -0.39 is 6.10 Å². The molecule has 3 rings (SSSR count). The Balaban J connectivity index is 1.49. The molecule has 4 nitrogen and oxygen atoms in total. The van der Waals surface area contributed by atoms with Crippen LogP contribution in [-0.4, -0.2) is 30.5 Å². The van der Waals surface area contributed by atoms with Crippen molar-refractivity contribution < 1.29 is 19.3 Å². The quantitative estimate of drug-likeness (QED) is 0.833. The monoisotopic (exact) mass is 342 g/mol. The number of hydrogen-bond donors (Lipinski definition) is 1. The Morgan fingerprint density at radius 1 is 0.840 bits per heavy atom. The second kappa shape index (κ2) is 8.99. The van der Waals surface area contributed by atoms with Crippen molar-refractivity contribution in [1.29, 1.82) is 0 Å². The van der Waals surface area contributed by atoms with Gasteiger partial charge in [0.2, 0.25) is 0 Å². The van der Waals surface area contributed by atoms with Gasteiger partial charge in [0, 0.05) is 0 Å². The lowest BCUT2D eigenvalue weighted by molar-refractivity contribution is -0.141. The van der Waals surface area contributed by atoms with Crippen molar-refractivity contribution in [3.63, 3.8) is 0 Å². The summed E-state index contributed by atoms with van der Waals surface area (Å²) >= 11 is 0. The second-order valence-electron chi connectivity index (χ2n) is 6.45. The molecule has 1 N–H and O–H groups in total. The molecule has 25 heavy (non-hydrogen) atoms. The van der Waals surface area contributed by atoms with Crippen molar-refractivity contribution in [1.82, 2.24) is 0 Å². The number of methoxy groups -OCH3 is 1. The van der Waals surface area contributed by atoms with Gasteiger partial charge in [0.25, 0.3) is 0 Å². The maximum atomic E-state index is 10.6. The molecule has 1 saturated carbocycles. The second-order valence-corrected chi connectivity index (χ2v) is 6.45. The zero-order valence-electron chi connectivity index (χ0n) is 14.6. The molecule has 0 spiro atoms. The van der Waals surface area contributed by atoms with Gasteiger partial charge in [0.15, 0.2) is 0 Å². The molecule has 1 aliphatic rings. The van der Waals surface area contributed by atoms with E-state index in [-0.39, 0.29) is 12.2 Å². The van der Waals surface area contributed by atoms with E-state index in [9.17, 15) is 5.11 Å². The molecule has 2 aromatic rings. The molecular weight excluding hydrogens is 316 g/mol. The molecular formula is C21H26O4. The van der Waals surface area contributed by atoms with Gasteiger partial charge in [-0.3, -0.25) is 0 Å². The van der Waals surface area contributed by atoms with Crippen LogP contribution in [-0.2, 0) is 22.7 Å². The maximum Gasteiger partial charge on any atom is 0.118 e. The highest BCUT2D eigenvalue weighted by Crippen LogP contribution is 2.26. The van der Waals surface area contributed by atoms with Crippen LogP contribution in [0.25, 0.3) is 0 Å². The predicted molar refractivity (Wildman–Crippen MR) is 96.4 cm³/mol. The average molecular weight is 342 g/mol. The average Bonchev–Trinajstić information content (AvgIpc) is 2.67. The van der Waals surface area contributed by atoms with E-state index in [1.54, 1.807) is 7.11 Å². The first-order valence-corrected chi connectivity index (χ1v) is 8.84. The molecule has 3 atom stereocenters. The van der Waals surface area contributed by atoms with Crippen LogP contribution in [0, 0.1) is 0 Å². The summed E-state index contributed by atoms with van der Waals surface area (Å²) in [5, 5.41) is 10.6. The molecule has 0 aliphatic heterocycles. The molecule has 4 heteroatoms. The highest BCUT2D eigenvalue weighted by Gasteiger charge is 2.33. The fourth-order valence-electron chi connectivity index (χ4n) is 3.17. The molecule has 0 bridgehead atoms. The van der Waals surface area contributed by atoms with Crippen molar-refractivity contribution >= 4 is 0 Å². The van der Waals surface area contributed by atoms with Gasteiger partial charge >= 0.3 is 0 Å². The SMILES string of the molecule is COc1ccc(CO[C@@H]2CCC[C@@H](OCc3ccccc3)[C@@H]2O)cc1. The van der Waals surface area contributed by atoms with E-state index in [1.807, 2.05) is 54.6 Å². The topological polar surface area (TPSA) is 47.9 Å². The Morgan fingerprint density at radius 2 is 1.40 bits per heavy atom. The first kappa shape index (κ1) is 17.9. The maximum absolute atomic E-state index is 10.6. The minimum Gasteiger partial charge on any atom is -0.497 e. The lowest BCUT2D eigenvalue weighted by Crippen LogP contribution is -2.44. The third-order valence-electron chi connectivity index (χ3n) is 4.67. The van der Waals surface area contributed by atoms with E-state index in [1.165, 1.54) is 0 Å². The van der Waals surface area contributed by atoms with E-state index in [0.29, 0.717) is 13.2 Å². The van der Waals surface area contributed by atoms with Crippen LogP contribution in [0.1, 0.15) is 30.4 Å². The number of aliphatic hydroxyl groups is 1. The lowest BCUT2D eigenvalue weighted by atomic mass is 9.92. The normalized spacial score (nSPS) is 23.4. The molecule has 0 aromatic heterocycles. The van der Waals surface area contributed by atoms with E-state index in [4.69, 9.17) is 14.2 Å². The van der Waals surface area contributed by atoms with Crippen LogP contribution in [0.4, 0.5) is 0 Å². The van der Waals surface area contributed by atoms with E-state index in [2.05, 4.69) is 0 Å². The highest BCUT2D eigenvalue weighted by molar-refractivity contribution is 5.26. The van der Waals surface area contributed by atoms with Gasteiger partial charge < -0.3 is 19.3 Å². The predicted octanol–water partition coefficient (Wildman–Crippen LogP) is 3.71. The van der Waals surface area contributed by atoms with Crippen LogP contribution in [0.2, 0.25) is 0 Å². The third kappa shape index (κ3) is 5.05. The molecule has 0 saturated heterocycles. The molecule has 1 aliphatic carbocycles. The molecule has 0 amide bonds. The Labute approximate surface area is 149 Å². The summed E-state index contributed by atoms with van der Waals surface area (Å²) in [5.74, 6) is 0.829. The van der Waals surface area contributed by atoms with Crippen molar-refractivity contribution in [2.45, 2.75) is 50.8 Å². The fraction of sp³-hybridized carbons (Fsp3) is 0.429. The summed E-state index contributed by atoms with van der Waals surface area (Å²) < 4.78 is 17.1. The third-order valence-corrected chi connectivity index (χ3v) is 4.67. The minimum atomic E-state index is -0.587. The van der Waals surface area contributed by atoms with Crippen LogP contribution in [0.5, 0.6) is 5.75 Å². The molecule has 0 unspecified atom stereocenters. The van der Waals surface area contributed by atoms with Gasteiger partial charge in [-0.2, -0.15) is 0 Å². The lowest BCUT2D eigenvalue weighted by Gasteiger charge is -2.34. The Morgan fingerprint density at radius 3 is 1.96 bits per heavy atom. The Bertz CT molecular complexity index is 626. The van der Waals surface area contributed by atoms with E-state index in [0.717, 1.165) is 36.1 Å². The first-order chi connectivity index (χ1) is 12.3. The van der Waals surface area contributed by atoms with Gasteiger partial charge in [-0.05, 0) is 42.5 Å². The van der Waals surface area contributed by atoms with Gasteiger partial charge in [-0.25, -0.2) is 0 Å². The van der Waals surface area contributed by atoms with Crippen LogP contribution < -0.4 is 4.74 Å². The fourth-order valence-corrected chi connectivity index (χ4v) is 3.17. The van der Waals surface area contributed by atoms with Crippen molar-refractivity contribution in [3.05, 3.63) is 65.7 Å². The number of rotatable bonds is 7. The van der Waals surface area contributed by atoms with Crippen molar-refractivity contribution in [2.24, 2.45) is 0 Å². The molecule has 1 fully saturated rings. The molecule has 2 aromatic carbocycles. The number of benzene rings is 2. The van der Waals surface area contributed by atoms with Crippen molar-refractivity contribution in [3.8, 4) is 5.75 Å². The standard InChI is InChI=1S/C21H26O4/c1-23-18-12-10-17(11-13-18)15-25-20-9-5-8-19(21(20)22)24-14-16-6-3-2-4-7-16/h2-4,6-7,10-13,19-22H,5,8-9,14-15H2,1H3/t19-,20-,21+/m1/s1. The highest BCUT2D eigenvalue weighted by atomic mass is 16.5. The zero-order chi connectivity index (χ0) is 17.5. The van der Waals surface area contributed by atoms with Gasteiger partial charge in [0.05, 0.1) is 32.5 Å². The number of ether oxygens (including phenoxy) is 3. The molecule has 0 radical (unpaired) electrons. The summed E-state index contributed by atoms with van der Waals surface area (Å²) in [6.45, 7) is 1.00. The van der Waals surface area contributed by atoms with Crippen LogP contribution >= 0.6 is 0 Å². The summed E-state index contributed by atoms with van der Waals surface area (Å²) in [5.41, 5.74) is 2.19. The van der Waals surface area contributed by atoms with E-state index >= 15 is 0 Å². The largest absolute Gasteiger partial charge is 0.497 e. The number of aliphatic hydroxyl groups excluding tert-OH is 1. The minimum absolute atomic E-state index is 0.171. The Hall–Kier alpha value is -1.88. The number of hydrogen-bond acceptors (Lipinski definition) is 4.